The topological polar surface area (TPSA) is 53.5 Å². The standard InChI is InChI=1S/C21H21F2N3O2S2/c1-2-15-6-8-16(9-7-15)19-14-29-21(24-19)25-10-12-26(13-11-25)30(27,28)20-17(22)4-3-5-18(20)23/h3-9,14H,2,10-13H2,1H3. The van der Waals surface area contributed by atoms with Gasteiger partial charge in [0.05, 0.1) is 5.69 Å². The molecular weight excluding hydrogens is 428 g/mol. The SMILES string of the molecule is CCc1ccc(-c2csc(N3CCN(S(=O)(=O)c4c(F)cccc4F)CC3)n2)cc1. The highest BCUT2D eigenvalue weighted by Gasteiger charge is 2.33. The fourth-order valence-electron chi connectivity index (χ4n) is 3.43. The predicted octanol–water partition coefficient (Wildman–Crippen LogP) is 4.16. The lowest BCUT2D eigenvalue weighted by atomic mass is 10.1. The van der Waals surface area contributed by atoms with Gasteiger partial charge in [0.2, 0.25) is 10.0 Å². The van der Waals surface area contributed by atoms with Crippen LogP contribution in [0.25, 0.3) is 11.3 Å². The molecule has 0 N–H and O–H groups in total. The maximum Gasteiger partial charge on any atom is 0.249 e. The molecule has 2 aromatic carbocycles. The molecule has 1 fully saturated rings. The lowest BCUT2D eigenvalue weighted by Gasteiger charge is -2.33. The van der Waals surface area contributed by atoms with Crippen LogP contribution in [-0.2, 0) is 16.4 Å². The molecule has 1 aromatic heterocycles. The molecule has 0 saturated carbocycles. The van der Waals surface area contributed by atoms with Crippen molar-refractivity contribution < 1.29 is 17.2 Å². The number of thiazole rings is 1. The zero-order valence-corrected chi connectivity index (χ0v) is 18.0. The Morgan fingerprint density at radius 1 is 1.00 bits per heavy atom. The number of halogens is 2. The van der Waals surface area contributed by atoms with Crippen molar-refractivity contribution in [3.63, 3.8) is 0 Å². The third-order valence-electron chi connectivity index (χ3n) is 5.18. The Balaban J connectivity index is 1.47. The molecular formula is C21H21F2N3O2S2. The van der Waals surface area contributed by atoms with Crippen molar-refractivity contribution in [2.75, 3.05) is 31.1 Å². The second kappa shape index (κ2) is 8.41. The zero-order chi connectivity index (χ0) is 21.3. The molecule has 4 rings (SSSR count). The maximum absolute atomic E-state index is 14.0. The first-order valence-electron chi connectivity index (χ1n) is 9.64. The van der Waals surface area contributed by atoms with Gasteiger partial charge in [0.15, 0.2) is 10.0 Å². The lowest BCUT2D eigenvalue weighted by molar-refractivity contribution is 0.378. The number of rotatable bonds is 5. The zero-order valence-electron chi connectivity index (χ0n) is 16.4. The fourth-order valence-corrected chi connectivity index (χ4v) is 5.85. The van der Waals surface area contributed by atoms with Gasteiger partial charge in [0.25, 0.3) is 0 Å². The summed E-state index contributed by atoms with van der Waals surface area (Å²) in [5.74, 6) is -2.15. The quantitative estimate of drug-likeness (QED) is 0.587. The Kier molecular flexibility index (Phi) is 5.86. The average Bonchev–Trinajstić information content (AvgIpc) is 3.24. The summed E-state index contributed by atoms with van der Waals surface area (Å²) in [5.41, 5.74) is 3.17. The van der Waals surface area contributed by atoms with Gasteiger partial charge in [-0.2, -0.15) is 4.31 Å². The predicted molar refractivity (Wildman–Crippen MR) is 114 cm³/mol. The van der Waals surface area contributed by atoms with Crippen molar-refractivity contribution in [3.8, 4) is 11.3 Å². The third kappa shape index (κ3) is 3.97. The molecule has 1 aliphatic rings. The summed E-state index contributed by atoms with van der Waals surface area (Å²) in [5, 5.41) is 2.78. The van der Waals surface area contributed by atoms with E-state index in [0.717, 1.165) is 45.3 Å². The maximum atomic E-state index is 14.0. The minimum absolute atomic E-state index is 0.135. The molecule has 9 heteroatoms. The van der Waals surface area contributed by atoms with Crippen LogP contribution < -0.4 is 4.90 Å². The Bertz CT molecular complexity index is 1120. The summed E-state index contributed by atoms with van der Waals surface area (Å²) in [6, 6.07) is 11.3. The smallest absolute Gasteiger partial charge is 0.249 e. The fraction of sp³-hybridized carbons (Fsp3) is 0.286. The van der Waals surface area contributed by atoms with Gasteiger partial charge < -0.3 is 4.90 Å². The van der Waals surface area contributed by atoms with E-state index in [1.54, 1.807) is 0 Å². The summed E-state index contributed by atoms with van der Waals surface area (Å²) < 4.78 is 54.6. The Hall–Kier alpha value is -2.36. The Morgan fingerprint density at radius 2 is 1.63 bits per heavy atom. The molecule has 0 unspecified atom stereocenters. The number of anilines is 1. The first-order valence-corrected chi connectivity index (χ1v) is 12.0. The monoisotopic (exact) mass is 449 g/mol. The highest BCUT2D eigenvalue weighted by atomic mass is 32.2. The Morgan fingerprint density at radius 3 is 2.23 bits per heavy atom. The van der Waals surface area contributed by atoms with Crippen molar-refractivity contribution >= 4 is 26.5 Å². The van der Waals surface area contributed by atoms with E-state index in [1.807, 2.05) is 22.4 Å². The van der Waals surface area contributed by atoms with Gasteiger partial charge in [0.1, 0.15) is 11.6 Å². The van der Waals surface area contributed by atoms with Crippen LogP contribution in [0.1, 0.15) is 12.5 Å². The highest BCUT2D eigenvalue weighted by Crippen LogP contribution is 2.30. The minimum Gasteiger partial charge on any atom is -0.345 e. The molecule has 0 aliphatic carbocycles. The number of benzene rings is 2. The highest BCUT2D eigenvalue weighted by molar-refractivity contribution is 7.89. The van der Waals surface area contributed by atoms with E-state index < -0.39 is 26.6 Å². The average molecular weight is 450 g/mol. The number of sulfonamides is 1. The van der Waals surface area contributed by atoms with Gasteiger partial charge in [-0.3, -0.25) is 0 Å². The van der Waals surface area contributed by atoms with Crippen LogP contribution in [-0.4, -0.2) is 43.9 Å². The van der Waals surface area contributed by atoms with E-state index in [0.29, 0.717) is 13.1 Å². The van der Waals surface area contributed by atoms with Crippen molar-refractivity contribution in [2.45, 2.75) is 18.2 Å². The molecule has 0 atom stereocenters. The van der Waals surface area contributed by atoms with Crippen molar-refractivity contribution in [1.29, 1.82) is 0 Å². The molecule has 1 saturated heterocycles. The van der Waals surface area contributed by atoms with Crippen LogP contribution in [0.2, 0.25) is 0 Å². The summed E-state index contributed by atoms with van der Waals surface area (Å²) in [6.07, 6.45) is 0.979. The normalized spacial score (nSPS) is 15.5. The van der Waals surface area contributed by atoms with Crippen LogP contribution in [0.15, 0.2) is 52.7 Å². The molecule has 1 aliphatic heterocycles. The number of nitrogens with zero attached hydrogens (tertiary/aromatic N) is 3. The number of aryl methyl sites for hydroxylation is 1. The molecule has 158 valence electrons. The van der Waals surface area contributed by atoms with Crippen LogP contribution in [0, 0.1) is 11.6 Å². The van der Waals surface area contributed by atoms with Gasteiger partial charge in [-0.15, -0.1) is 11.3 Å². The molecule has 5 nitrogen and oxygen atoms in total. The second-order valence-electron chi connectivity index (χ2n) is 7.01. The van der Waals surface area contributed by atoms with Gasteiger partial charge >= 0.3 is 0 Å². The van der Waals surface area contributed by atoms with Gasteiger partial charge in [-0.05, 0) is 24.1 Å². The van der Waals surface area contributed by atoms with Crippen molar-refractivity contribution in [1.82, 2.24) is 9.29 Å². The number of aromatic nitrogens is 1. The van der Waals surface area contributed by atoms with Crippen molar-refractivity contribution in [2.24, 2.45) is 0 Å². The van der Waals surface area contributed by atoms with Crippen LogP contribution in [0.4, 0.5) is 13.9 Å². The van der Waals surface area contributed by atoms with E-state index in [-0.39, 0.29) is 13.1 Å². The van der Waals surface area contributed by atoms with E-state index >= 15 is 0 Å². The van der Waals surface area contributed by atoms with E-state index in [4.69, 9.17) is 0 Å². The summed E-state index contributed by atoms with van der Waals surface area (Å²) in [7, 11) is -4.23. The van der Waals surface area contributed by atoms with Gasteiger partial charge in [0, 0.05) is 37.1 Å². The molecule has 0 radical (unpaired) electrons. The van der Waals surface area contributed by atoms with Gasteiger partial charge in [-0.1, -0.05) is 37.3 Å². The molecule has 3 aromatic rings. The Labute approximate surface area is 178 Å². The summed E-state index contributed by atoms with van der Waals surface area (Å²) >= 11 is 1.50. The summed E-state index contributed by atoms with van der Waals surface area (Å²) in [4.78, 5) is 5.80. The number of hydrogen-bond acceptors (Lipinski definition) is 5. The second-order valence-corrected chi connectivity index (χ2v) is 9.72. The van der Waals surface area contributed by atoms with Crippen molar-refractivity contribution in [3.05, 3.63) is 65.0 Å². The van der Waals surface area contributed by atoms with E-state index in [2.05, 4.69) is 24.0 Å². The third-order valence-corrected chi connectivity index (χ3v) is 8.03. The first kappa shape index (κ1) is 20.9. The number of piperazine rings is 1. The van der Waals surface area contributed by atoms with E-state index in [1.165, 1.54) is 16.9 Å². The first-order chi connectivity index (χ1) is 14.4. The molecule has 0 amide bonds. The molecule has 30 heavy (non-hydrogen) atoms. The summed E-state index contributed by atoms with van der Waals surface area (Å²) in [6.45, 7) is 3.18. The lowest BCUT2D eigenvalue weighted by Crippen LogP contribution is -2.49. The van der Waals surface area contributed by atoms with E-state index in [9.17, 15) is 17.2 Å². The van der Waals surface area contributed by atoms with Crippen LogP contribution >= 0.6 is 11.3 Å². The largest absolute Gasteiger partial charge is 0.345 e. The van der Waals surface area contributed by atoms with Crippen LogP contribution in [0.5, 0.6) is 0 Å². The molecule has 0 spiro atoms. The minimum atomic E-state index is -4.23. The van der Waals surface area contributed by atoms with Crippen LogP contribution in [0.3, 0.4) is 0 Å². The molecule has 2 heterocycles. The van der Waals surface area contributed by atoms with Gasteiger partial charge in [-0.25, -0.2) is 22.2 Å². The molecule has 0 bridgehead atoms. The number of hydrogen-bond donors (Lipinski definition) is 0.